The number of hydrogen-bond acceptors (Lipinski definition) is 3. The summed E-state index contributed by atoms with van der Waals surface area (Å²) < 4.78 is 21.5. The Kier molecular flexibility index (Phi) is 2.94. The zero-order chi connectivity index (χ0) is 12.7. The molecule has 0 saturated carbocycles. The van der Waals surface area contributed by atoms with Gasteiger partial charge in [-0.3, -0.25) is 0 Å². The molecular weight excluding hydrogens is 368 g/mol. The zero-order valence-electron chi connectivity index (χ0n) is 8.98. The van der Waals surface area contributed by atoms with Crippen LogP contribution >= 0.6 is 34.8 Å². The molecule has 0 spiro atoms. The maximum absolute atomic E-state index is 13.6. The van der Waals surface area contributed by atoms with Gasteiger partial charge in [-0.1, -0.05) is 5.16 Å². The lowest BCUT2D eigenvalue weighted by Crippen LogP contribution is -1.98. The SMILES string of the molecule is Fc1cc2c(cc1I)[nH]c(=S)n2Cc1ccno1. The Morgan fingerprint density at radius 2 is 2.33 bits per heavy atom. The number of H-pyrrole nitrogens is 1. The van der Waals surface area contributed by atoms with E-state index >= 15 is 0 Å². The maximum Gasteiger partial charge on any atom is 0.178 e. The van der Waals surface area contributed by atoms with Gasteiger partial charge in [-0.15, -0.1) is 0 Å². The molecule has 92 valence electrons. The van der Waals surface area contributed by atoms with E-state index in [1.807, 2.05) is 22.6 Å². The normalized spacial score (nSPS) is 11.2. The molecule has 0 fully saturated rings. The minimum atomic E-state index is -0.261. The molecule has 7 heteroatoms. The predicted octanol–water partition coefficient (Wildman–Crippen LogP) is 3.48. The van der Waals surface area contributed by atoms with Gasteiger partial charge in [0.05, 0.1) is 27.3 Å². The number of nitrogens with one attached hydrogen (secondary N) is 1. The van der Waals surface area contributed by atoms with Crippen LogP contribution in [0.25, 0.3) is 11.0 Å². The number of fused-ring (bicyclic) bond motifs is 1. The molecule has 0 radical (unpaired) electrons. The fourth-order valence-electron chi connectivity index (χ4n) is 1.79. The average Bonchev–Trinajstić information content (AvgIpc) is 2.92. The Hall–Kier alpha value is -1.22. The Morgan fingerprint density at radius 3 is 3.06 bits per heavy atom. The molecule has 0 saturated heterocycles. The second-order valence-corrected chi connectivity index (χ2v) is 5.33. The molecule has 0 aliphatic carbocycles. The number of hydrogen-bond donors (Lipinski definition) is 1. The molecule has 18 heavy (non-hydrogen) atoms. The molecule has 0 unspecified atom stereocenters. The van der Waals surface area contributed by atoms with Gasteiger partial charge in [0.25, 0.3) is 0 Å². The molecule has 2 heterocycles. The minimum absolute atomic E-state index is 0.261. The number of aromatic amines is 1. The maximum atomic E-state index is 13.6. The van der Waals surface area contributed by atoms with Crippen LogP contribution in [0.15, 0.2) is 28.9 Å². The second kappa shape index (κ2) is 4.47. The van der Waals surface area contributed by atoms with E-state index in [2.05, 4.69) is 10.1 Å². The molecule has 3 rings (SSSR count). The van der Waals surface area contributed by atoms with Crippen molar-refractivity contribution in [3.63, 3.8) is 0 Å². The van der Waals surface area contributed by atoms with E-state index in [1.165, 1.54) is 6.07 Å². The van der Waals surface area contributed by atoms with Gasteiger partial charge in [0, 0.05) is 12.1 Å². The molecular formula is C11H7FIN3OS. The van der Waals surface area contributed by atoms with Crippen molar-refractivity contribution >= 4 is 45.8 Å². The van der Waals surface area contributed by atoms with Crippen LogP contribution in [-0.2, 0) is 6.54 Å². The Labute approximate surface area is 120 Å². The van der Waals surface area contributed by atoms with E-state index in [1.54, 1.807) is 22.9 Å². The van der Waals surface area contributed by atoms with Crippen molar-refractivity contribution in [1.29, 1.82) is 0 Å². The van der Waals surface area contributed by atoms with Gasteiger partial charge < -0.3 is 14.1 Å². The molecule has 0 aliphatic rings. The van der Waals surface area contributed by atoms with Crippen molar-refractivity contribution in [2.45, 2.75) is 6.54 Å². The molecule has 0 aliphatic heterocycles. The number of rotatable bonds is 2. The van der Waals surface area contributed by atoms with Crippen molar-refractivity contribution < 1.29 is 8.91 Å². The van der Waals surface area contributed by atoms with Gasteiger partial charge in [0.15, 0.2) is 10.5 Å². The van der Waals surface area contributed by atoms with Crippen molar-refractivity contribution in [2.24, 2.45) is 0 Å². The third-order valence-electron chi connectivity index (χ3n) is 2.62. The van der Waals surface area contributed by atoms with Crippen LogP contribution in [0.4, 0.5) is 4.39 Å². The van der Waals surface area contributed by atoms with Crippen molar-refractivity contribution in [3.05, 3.63) is 44.3 Å². The lowest BCUT2D eigenvalue weighted by atomic mass is 10.3. The summed E-state index contributed by atoms with van der Waals surface area (Å²) in [6.07, 6.45) is 1.57. The highest BCUT2D eigenvalue weighted by molar-refractivity contribution is 14.1. The molecule has 3 aromatic rings. The van der Waals surface area contributed by atoms with Gasteiger partial charge in [-0.05, 0) is 40.9 Å². The third-order valence-corrected chi connectivity index (χ3v) is 3.77. The molecule has 0 atom stereocenters. The molecule has 0 bridgehead atoms. The third kappa shape index (κ3) is 1.97. The zero-order valence-corrected chi connectivity index (χ0v) is 12.0. The van der Waals surface area contributed by atoms with E-state index in [0.717, 1.165) is 5.52 Å². The summed E-state index contributed by atoms with van der Waals surface area (Å²) in [4.78, 5) is 3.05. The van der Waals surface area contributed by atoms with Gasteiger partial charge in [-0.25, -0.2) is 4.39 Å². The fraction of sp³-hybridized carbons (Fsp3) is 0.0909. The lowest BCUT2D eigenvalue weighted by Gasteiger charge is -2.01. The lowest BCUT2D eigenvalue weighted by molar-refractivity contribution is 0.377. The summed E-state index contributed by atoms with van der Waals surface area (Å²) in [5, 5.41) is 3.64. The summed E-state index contributed by atoms with van der Waals surface area (Å²) in [6.45, 7) is 0.429. The van der Waals surface area contributed by atoms with Crippen LogP contribution in [0.5, 0.6) is 0 Å². The van der Waals surface area contributed by atoms with Crippen molar-refractivity contribution in [3.8, 4) is 0 Å². The summed E-state index contributed by atoms with van der Waals surface area (Å²) in [7, 11) is 0. The van der Waals surface area contributed by atoms with Crippen LogP contribution in [0.2, 0.25) is 0 Å². The standard InChI is InChI=1S/C11H7FIN3OS/c12-7-3-10-9(4-8(7)13)15-11(18)16(10)5-6-1-2-14-17-6/h1-4H,5H2,(H,15,18). The summed E-state index contributed by atoms with van der Waals surface area (Å²) in [5.74, 6) is 0.411. The number of benzene rings is 1. The average molecular weight is 375 g/mol. The minimum Gasteiger partial charge on any atom is -0.359 e. The summed E-state index contributed by atoms with van der Waals surface area (Å²) in [5.41, 5.74) is 1.53. The molecule has 4 nitrogen and oxygen atoms in total. The molecule has 1 N–H and O–H groups in total. The first-order chi connectivity index (χ1) is 8.65. The van der Waals surface area contributed by atoms with Gasteiger partial charge in [-0.2, -0.15) is 0 Å². The van der Waals surface area contributed by atoms with Gasteiger partial charge in [0.1, 0.15) is 5.82 Å². The first-order valence-electron chi connectivity index (χ1n) is 5.12. The molecule has 1 aromatic carbocycles. The van der Waals surface area contributed by atoms with Crippen molar-refractivity contribution in [2.75, 3.05) is 0 Å². The molecule has 2 aromatic heterocycles. The quantitative estimate of drug-likeness (QED) is 0.551. The summed E-state index contributed by atoms with van der Waals surface area (Å²) >= 11 is 7.18. The van der Waals surface area contributed by atoms with E-state index in [4.69, 9.17) is 16.7 Å². The van der Waals surface area contributed by atoms with E-state index < -0.39 is 0 Å². The smallest absolute Gasteiger partial charge is 0.178 e. The molecule has 0 amide bonds. The van der Waals surface area contributed by atoms with E-state index in [0.29, 0.717) is 26.2 Å². The van der Waals surface area contributed by atoms with E-state index in [9.17, 15) is 4.39 Å². The highest BCUT2D eigenvalue weighted by atomic mass is 127. The fourth-order valence-corrected chi connectivity index (χ4v) is 2.53. The number of imidazole rings is 1. The highest BCUT2D eigenvalue weighted by Gasteiger charge is 2.10. The predicted molar refractivity (Wildman–Crippen MR) is 75.4 cm³/mol. The monoisotopic (exact) mass is 375 g/mol. The van der Waals surface area contributed by atoms with Gasteiger partial charge in [0.2, 0.25) is 0 Å². The topological polar surface area (TPSA) is 46.8 Å². The van der Waals surface area contributed by atoms with Crippen LogP contribution in [0.3, 0.4) is 0 Å². The first-order valence-corrected chi connectivity index (χ1v) is 6.61. The highest BCUT2D eigenvalue weighted by Crippen LogP contribution is 2.21. The Morgan fingerprint density at radius 1 is 1.50 bits per heavy atom. The van der Waals surface area contributed by atoms with Crippen LogP contribution in [0, 0.1) is 14.2 Å². The summed E-state index contributed by atoms with van der Waals surface area (Å²) in [6, 6.07) is 4.96. The number of aromatic nitrogens is 3. The first kappa shape index (κ1) is 11.8. The largest absolute Gasteiger partial charge is 0.359 e. The second-order valence-electron chi connectivity index (χ2n) is 3.78. The van der Waals surface area contributed by atoms with Crippen LogP contribution < -0.4 is 0 Å². The van der Waals surface area contributed by atoms with Crippen LogP contribution in [-0.4, -0.2) is 14.7 Å². The van der Waals surface area contributed by atoms with Crippen LogP contribution in [0.1, 0.15) is 5.76 Å². The number of nitrogens with zero attached hydrogens (tertiary/aromatic N) is 2. The van der Waals surface area contributed by atoms with Gasteiger partial charge >= 0.3 is 0 Å². The Bertz CT molecular complexity index is 763. The van der Waals surface area contributed by atoms with Crippen molar-refractivity contribution in [1.82, 2.24) is 14.7 Å². The Balaban J connectivity index is 2.19. The number of halogens is 2. The van der Waals surface area contributed by atoms with E-state index in [-0.39, 0.29) is 5.82 Å².